The van der Waals surface area contributed by atoms with Gasteiger partial charge in [0, 0.05) is 29.4 Å². The van der Waals surface area contributed by atoms with Gasteiger partial charge in [0.1, 0.15) is 4.90 Å². The number of rotatable bonds is 6. The van der Waals surface area contributed by atoms with Crippen LogP contribution in [-0.2, 0) is 23.1 Å². The Balaban J connectivity index is 2.33. The van der Waals surface area contributed by atoms with E-state index in [2.05, 4.69) is 15.9 Å². The fourth-order valence-corrected chi connectivity index (χ4v) is 6.50. The molecule has 2 aromatic rings. The summed E-state index contributed by atoms with van der Waals surface area (Å²) in [6.07, 6.45) is 0. The molecule has 2 rings (SSSR count). The first-order valence-electron chi connectivity index (χ1n) is 5.99. The van der Waals surface area contributed by atoms with Crippen molar-refractivity contribution in [2.45, 2.75) is 24.9 Å². The van der Waals surface area contributed by atoms with Gasteiger partial charge >= 0.3 is 0 Å². The normalized spacial score (nSPS) is 12.2. The van der Waals surface area contributed by atoms with E-state index in [-0.39, 0.29) is 0 Å². The van der Waals surface area contributed by atoms with Crippen molar-refractivity contribution in [2.75, 3.05) is 6.54 Å². The molecule has 2 N–H and O–H groups in total. The zero-order valence-electron chi connectivity index (χ0n) is 10.9. The molecule has 0 aliphatic heterocycles. The van der Waals surface area contributed by atoms with Crippen LogP contribution in [0, 0.1) is 0 Å². The van der Waals surface area contributed by atoms with Crippen LogP contribution < -0.4 is 5.73 Å². The molecule has 0 aliphatic carbocycles. The number of nitrogens with two attached hydrogens (primary N) is 1. The average Bonchev–Trinajstić information content (AvgIpc) is 3.04. The van der Waals surface area contributed by atoms with Crippen LogP contribution in [0.25, 0.3) is 0 Å². The van der Waals surface area contributed by atoms with Gasteiger partial charge in [0.05, 0.1) is 3.79 Å². The van der Waals surface area contributed by atoms with Gasteiger partial charge in [-0.05, 0) is 33.4 Å². The molecule has 20 heavy (non-hydrogen) atoms. The fourth-order valence-electron chi connectivity index (χ4n) is 1.76. The van der Waals surface area contributed by atoms with Crippen molar-refractivity contribution in [2.24, 2.45) is 5.73 Å². The first kappa shape index (κ1) is 16.1. The number of halogens is 1. The predicted molar refractivity (Wildman–Crippen MR) is 87.5 cm³/mol. The highest BCUT2D eigenvalue weighted by atomic mass is 79.9. The van der Waals surface area contributed by atoms with E-state index in [0.717, 1.165) is 9.75 Å². The largest absolute Gasteiger partial charge is 0.326 e. The Morgan fingerprint density at radius 3 is 2.65 bits per heavy atom. The van der Waals surface area contributed by atoms with Crippen LogP contribution in [0.4, 0.5) is 0 Å². The van der Waals surface area contributed by atoms with Gasteiger partial charge < -0.3 is 5.73 Å². The number of hydrogen-bond donors (Lipinski definition) is 1. The lowest BCUT2D eigenvalue weighted by Gasteiger charge is -2.19. The summed E-state index contributed by atoms with van der Waals surface area (Å²) in [5.41, 5.74) is 5.58. The monoisotopic (exact) mass is 394 g/mol. The standard InChI is InChI=1S/C12H15BrN2O2S3/c1-2-15(8-9-4-3-5-18-9)20(16,17)11-6-10(7-14)19-12(11)13/h3-6H,2,7-8,14H2,1H3. The van der Waals surface area contributed by atoms with Crippen molar-refractivity contribution in [3.8, 4) is 0 Å². The van der Waals surface area contributed by atoms with Crippen LogP contribution in [0.2, 0.25) is 0 Å². The second kappa shape index (κ2) is 6.67. The lowest BCUT2D eigenvalue weighted by Crippen LogP contribution is -2.30. The fraction of sp³-hybridized carbons (Fsp3) is 0.333. The number of hydrogen-bond acceptors (Lipinski definition) is 5. The minimum Gasteiger partial charge on any atom is -0.326 e. The molecule has 0 radical (unpaired) electrons. The SMILES string of the molecule is CCN(Cc1cccs1)S(=O)(=O)c1cc(CN)sc1Br. The molecule has 0 aliphatic rings. The molecule has 4 nitrogen and oxygen atoms in total. The van der Waals surface area contributed by atoms with Crippen molar-refractivity contribution in [1.29, 1.82) is 0 Å². The zero-order chi connectivity index (χ0) is 14.8. The van der Waals surface area contributed by atoms with Crippen LogP contribution >= 0.6 is 38.6 Å². The second-order valence-corrected chi connectivity index (χ2v) is 9.46. The zero-order valence-corrected chi connectivity index (χ0v) is 14.9. The Bertz CT molecular complexity index is 665. The summed E-state index contributed by atoms with van der Waals surface area (Å²) in [5, 5.41) is 1.95. The Morgan fingerprint density at radius 1 is 1.40 bits per heavy atom. The van der Waals surface area contributed by atoms with E-state index >= 15 is 0 Å². The van der Waals surface area contributed by atoms with Gasteiger partial charge in [-0.1, -0.05) is 13.0 Å². The molecule has 0 saturated carbocycles. The molecule has 2 aromatic heterocycles. The van der Waals surface area contributed by atoms with Crippen molar-refractivity contribution in [1.82, 2.24) is 4.31 Å². The molecule has 0 unspecified atom stereocenters. The highest BCUT2D eigenvalue weighted by Gasteiger charge is 2.27. The minimum atomic E-state index is -3.50. The van der Waals surface area contributed by atoms with E-state index in [1.54, 1.807) is 17.4 Å². The van der Waals surface area contributed by atoms with Gasteiger partial charge in [-0.3, -0.25) is 0 Å². The predicted octanol–water partition coefficient (Wildman–Crippen LogP) is 3.24. The summed E-state index contributed by atoms with van der Waals surface area (Å²) in [6.45, 7) is 3.02. The van der Waals surface area contributed by atoms with Crippen LogP contribution in [0.1, 0.15) is 16.7 Å². The van der Waals surface area contributed by atoms with Gasteiger partial charge in [-0.2, -0.15) is 4.31 Å². The molecule has 0 aromatic carbocycles. The number of thiophene rings is 2. The number of sulfonamides is 1. The summed E-state index contributed by atoms with van der Waals surface area (Å²) in [7, 11) is -3.50. The third kappa shape index (κ3) is 3.32. The maximum absolute atomic E-state index is 12.7. The molecule has 0 bridgehead atoms. The molecule has 110 valence electrons. The average molecular weight is 395 g/mol. The first-order chi connectivity index (χ1) is 9.48. The van der Waals surface area contributed by atoms with Gasteiger partial charge in [-0.15, -0.1) is 22.7 Å². The lowest BCUT2D eigenvalue weighted by molar-refractivity contribution is 0.426. The third-order valence-corrected chi connectivity index (χ3v) is 7.85. The Morgan fingerprint density at radius 2 is 2.15 bits per heavy atom. The molecule has 0 spiro atoms. The molecule has 8 heteroatoms. The number of nitrogens with zero attached hydrogens (tertiary/aromatic N) is 1. The Labute approximate surface area is 135 Å². The van der Waals surface area contributed by atoms with E-state index in [1.165, 1.54) is 15.6 Å². The molecule has 0 amide bonds. The second-order valence-electron chi connectivity index (χ2n) is 4.07. The van der Waals surface area contributed by atoms with Crippen LogP contribution in [0.5, 0.6) is 0 Å². The first-order valence-corrected chi connectivity index (χ1v) is 9.92. The highest BCUT2D eigenvalue weighted by molar-refractivity contribution is 9.11. The summed E-state index contributed by atoms with van der Waals surface area (Å²) >= 11 is 6.25. The van der Waals surface area contributed by atoms with Crippen LogP contribution in [-0.4, -0.2) is 19.3 Å². The lowest BCUT2D eigenvalue weighted by atomic mass is 10.4. The Kier molecular flexibility index (Phi) is 5.38. The summed E-state index contributed by atoms with van der Waals surface area (Å²) < 4.78 is 27.5. The maximum atomic E-state index is 12.7. The van der Waals surface area contributed by atoms with Crippen molar-refractivity contribution >= 4 is 48.6 Å². The van der Waals surface area contributed by atoms with Crippen molar-refractivity contribution in [3.63, 3.8) is 0 Å². The van der Waals surface area contributed by atoms with E-state index in [4.69, 9.17) is 5.73 Å². The van der Waals surface area contributed by atoms with Crippen molar-refractivity contribution < 1.29 is 8.42 Å². The quantitative estimate of drug-likeness (QED) is 0.817. The van der Waals surface area contributed by atoms with Gasteiger partial charge in [0.15, 0.2) is 0 Å². The summed E-state index contributed by atoms with van der Waals surface area (Å²) in [6, 6.07) is 5.52. The van der Waals surface area contributed by atoms with E-state index in [9.17, 15) is 8.42 Å². The summed E-state index contributed by atoms with van der Waals surface area (Å²) in [5.74, 6) is 0. The van der Waals surface area contributed by atoms with Crippen LogP contribution in [0.15, 0.2) is 32.3 Å². The van der Waals surface area contributed by atoms with Gasteiger partial charge in [0.2, 0.25) is 10.0 Å². The van der Waals surface area contributed by atoms with Gasteiger partial charge in [0.25, 0.3) is 0 Å². The van der Waals surface area contributed by atoms with Crippen LogP contribution in [0.3, 0.4) is 0 Å². The minimum absolute atomic E-state index is 0.307. The van der Waals surface area contributed by atoms with E-state index in [1.807, 2.05) is 24.4 Å². The Hall–Kier alpha value is -0.250. The molecular weight excluding hydrogens is 380 g/mol. The van der Waals surface area contributed by atoms with Crippen molar-refractivity contribution in [3.05, 3.63) is 37.1 Å². The molecule has 0 saturated heterocycles. The molecular formula is C12H15BrN2O2S3. The van der Waals surface area contributed by atoms with Gasteiger partial charge in [-0.25, -0.2) is 8.42 Å². The van der Waals surface area contributed by atoms with E-state index in [0.29, 0.717) is 28.3 Å². The molecule has 2 heterocycles. The summed E-state index contributed by atoms with van der Waals surface area (Å²) in [4.78, 5) is 2.19. The third-order valence-electron chi connectivity index (χ3n) is 2.79. The topological polar surface area (TPSA) is 63.4 Å². The smallest absolute Gasteiger partial charge is 0.245 e. The molecule has 0 fully saturated rings. The van der Waals surface area contributed by atoms with E-state index < -0.39 is 10.0 Å². The maximum Gasteiger partial charge on any atom is 0.245 e. The molecule has 0 atom stereocenters. The highest BCUT2D eigenvalue weighted by Crippen LogP contribution is 2.34.